The molecule has 3 nitrogen and oxygen atoms in total. The van der Waals surface area contributed by atoms with E-state index in [0.29, 0.717) is 12.1 Å². The average molecular weight is 231 g/mol. The molecule has 2 rings (SSSR count). The Morgan fingerprint density at radius 1 is 1.24 bits per heavy atom. The standard InChI is InChI=1S/C14H19N2O/c1-11-9-16(10-12(2)15(11)3)14(17)13-7-5-4-6-8-13/h5-8,11-12H,9-10H2,1-3H3. The number of carbonyl (C=O) groups is 1. The molecule has 1 fully saturated rings. The SMILES string of the molecule is CC1CN(C(=O)c2cc[c]cc2)CC(C)N1C. The van der Waals surface area contributed by atoms with E-state index >= 15 is 0 Å². The lowest BCUT2D eigenvalue weighted by Crippen LogP contribution is -2.56. The summed E-state index contributed by atoms with van der Waals surface area (Å²) in [5, 5.41) is 0. The summed E-state index contributed by atoms with van der Waals surface area (Å²) < 4.78 is 0. The van der Waals surface area contributed by atoms with Gasteiger partial charge in [-0.15, -0.1) is 0 Å². The van der Waals surface area contributed by atoms with Crippen molar-refractivity contribution in [3.8, 4) is 0 Å². The van der Waals surface area contributed by atoms with Gasteiger partial charge in [-0.25, -0.2) is 0 Å². The molecule has 0 saturated carbocycles. The molecule has 2 atom stereocenters. The van der Waals surface area contributed by atoms with Crippen LogP contribution in [-0.2, 0) is 0 Å². The van der Waals surface area contributed by atoms with Crippen molar-refractivity contribution in [2.24, 2.45) is 0 Å². The van der Waals surface area contributed by atoms with Gasteiger partial charge in [-0.1, -0.05) is 12.1 Å². The Labute approximate surface area is 103 Å². The predicted molar refractivity (Wildman–Crippen MR) is 67.9 cm³/mol. The van der Waals surface area contributed by atoms with Gasteiger partial charge in [-0.05, 0) is 39.1 Å². The molecular formula is C14H19N2O. The highest BCUT2D eigenvalue weighted by Crippen LogP contribution is 2.15. The van der Waals surface area contributed by atoms with Crippen molar-refractivity contribution >= 4 is 5.91 Å². The van der Waals surface area contributed by atoms with Crippen LogP contribution in [0.2, 0.25) is 0 Å². The third-order valence-corrected chi connectivity index (χ3v) is 3.61. The van der Waals surface area contributed by atoms with E-state index in [1.807, 2.05) is 17.0 Å². The number of hydrogen-bond donors (Lipinski definition) is 0. The van der Waals surface area contributed by atoms with Crippen LogP contribution in [0.3, 0.4) is 0 Å². The number of benzene rings is 1. The maximum absolute atomic E-state index is 12.3. The number of amides is 1. The number of piperazine rings is 1. The maximum atomic E-state index is 12.3. The molecule has 2 unspecified atom stereocenters. The predicted octanol–water partition coefficient (Wildman–Crippen LogP) is 1.65. The fraction of sp³-hybridized carbons (Fsp3) is 0.500. The smallest absolute Gasteiger partial charge is 0.253 e. The van der Waals surface area contributed by atoms with Crippen LogP contribution in [0.4, 0.5) is 0 Å². The van der Waals surface area contributed by atoms with Crippen molar-refractivity contribution < 1.29 is 4.79 Å². The Kier molecular flexibility index (Phi) is 3.48. The number of likely N-dealkylation sites (N-methyl/N-ethyl adjacent to an activating group) is 1. The van der Waals surface area contributed by atoms with Gasteiger partial charge < -0.3 is 4.90 Å². The van der Waals surface area contributed by atoms with Crippen LogP contribution in [0.25, 0.3) is 0 Å². The second-order valence-electron chi connectivity index (χ2n) is 4.86. The van der Waals surface area contributed by atoms with Gasteiger partial charge >= 0.3 is 0 Å². The number of carbonyl (C=O) groups excluding carboxylic acids is 1. The van der Waals surface area contributed by atoms with Gasteiger partial charge in [-0.3, -0.25) is 9.69 Å². The zero-order valence-electron chi connectivity index (χ0n) is 10.7. The van der Waals surface area contributed by atoms with Crippen molar-refractivity contribution in [3.05, 3.63) is 35.9 Å². The molecule has 1 saturated heterocycles. The summed E-state index contributed by atoms with van der Waals surface area (Å²) in [6.07, 6.45) is 0. The summed E-state index contributed by atoms with van der Waals surface area (Å²) in [5.41, 5.74) is 0.757. The topological polar surface area (TPSA) is 23.6 Å². The molecular weight excluding hydrogens is 212 g/mol. The van der Waals surface area contributed by atoms with E-state index in [-0.39, 0.29) is 5.91 Å². The van der Waals surface area contributed by atoms with Gasteiger partial charge in [0, 0.05) is 30.7 Å². The minimum atomic E-state index is 0.130. The van der Waals surface area contributed by atoms with Crippen molar-refractivity contribution in [2.75, 3.05) is 20.1 Å². The zero-order valence-corrected chi connectivity index (χ0v) is 10.7. The summed E-state index contributed by atoms with van der Waals surface area (Å²) in [6.45, 7) is 5.93. The van der Waals surface area contributed by atoms with E-state index in [4.69, 9.17) is 0 Å². The van der Waals surface area contributed by atoms with Gasteiger partial charge in [-0.2, -0.15) is 0 Å². The first kappa shape index (κ1) is 12.1. The monoisotopic (exact) mass is 231 g/mol. The van der Waals surface area contributed by atoms with Crippen LogP contribution in [0.15, 0.2) is 24.3 Å². The molecule has 0 aromatic heterocycles. The van der Waals surface area contributed by atoms with E-state index in [1.54, 1.807) is 12.1 Å². The highest BCUT2D eigenvalue weighted by molar-refractivity contribution is 5.94. The minimum Gasteiger partial charge on any atom is -0.336 e. The van der Waals surface area contributed by atoms with Crippen LogP contribution in [0.5, 0.6) is 0 Å². The second-order valence-corrected chi connectivity index (χ2v) is 4.86. The Hall–Kier alpha value is -1.35. The molecule has 1 radical (unpaired) electrons. The van der Waals surface area contributed by atoms with Gasteiger partial charge in [0.1, 0.15) is 0 Å². The minimum absolute atomic E-state index is 0.130. The van der Waals surface area contributed by atoms with Gasteiger partial charge in [0.2, 0.25) is 0 Å². The van der Waals surface area contributed by atoms with Crippen molar-refractivity contribution in [1.82, 2.24) is 9.80 Å². The Bertz CT molecular complexity index is 378. The van der Waals surface area contributed by atoms with Crippen LogP contribution in [0, 0.1) is 6.07 Å². The first-order valence-corrected chi connectivity index (χ1v) is 6.07. The first-order chi connectivity index (χ1) is 8.09. The van der Waals surface area contributed by atoms with Crippen LogP contribution in [0.1, 0.15) is 24.2 Å². The summed E-state index contributed by atoms with van der Waals surface area (Å²) in [6, 6.07) is 11.0. The molecule has 1 aromatic carbocycles. The fourth-order valence-corrected chi connectivity index (χ4v) is 2.28. The molecule has 1 aromatic rings. The largest absolute Gasteiger partial charge is 0.336 e. The van der Waals surface area contributed by atoms with Gasteiger partial charge in [0.05, 0.1) is 0 Å². The molecule has 3 heteroatoms. The summed E-state index contributed by atoms with van der Waals surface area (Å²) >= 11 is 0. The fourth-order valence-electron chi connectivity index (χ4n) is 2.28. The van der Waals surface area contributed by atoms with E-state index in [1.165, 1.54) is 0 Å². The molecule has 0 N–H and O–H groups in total. The molecule has 1 amide bonds. The molecule has 0 aliphatic carbocycles. The third-order valence-electron chi connectivity index (χ3n) is 3.61. The molecule has 1 aliphatic rings. The average Bonchev–Trinajstić information content (AvgIpc) is 2.35. The van der Waals surface area contributed by atoms with E-state index < -0.39 is 0 Å². The lowest BCUT2D eigenvalue weighted by Gasteiger charge is -2.42. The second kappa shape index (κ2) is 4.88. The lowest BCUT2D eigenvalue weighted by molar-refractivity contribution is 0.0414. The highest BCUT2D eigenvalue weighted by atomic mass is 16.2. The number of rotatable bonds is 1. The Morgan fingerprint density at radius 2 is 1.76 bits per heavy atom. The van der Waals surface area contributed by atoms with Crippen molar-refractivity contribution in [3.63, 3.8) is 0 Å². The van der Waals surface area contributed by atoms with Gasteiger partial charge in [0.15, 0.2) is 0 Å². The van der Waals surface area contributed by atoms with Crippen LogP contribution in [-0.4, -0.2) is 47.9 Å². The number of hydrogen-bond acceptors (Lipinski definition) is 2. The summed E-state index contributed by atoms with van der Waals surface area (Å²) in [5.74, 6) is 0.130. The van der Waals surface area contributed by atoms with E-state index in [9.17, 15) is 4.79 Å². The lowest BCUT2D eigenvalue weighted by atomic mass is 10.1. The van der Waals surface area contributed by atoms with Gasteiger partial charge in [0.25, 0.3) is 5.91 Å². The normalized spacial score (nSPS) is 25.9. The van der Waals surface area contributed by atoms with Crippen LogP contribution < -0.4 is 0 Å². The van der Waals surface area contributed by atoms with E-state index in [2.05, 4.69) is 31.9 Å². The maximum Gasteiger partial charge on any atom is 0.253 e. The molecule has 1 heterocycles. The number of nitrogens with zero attached hydrogens (tertiary/aromatic N) is 2. The Balaban J connectivity index is 2.11. The molecule has 91 valence electrons. The summed E-state index contributed by atoms with van der Waals surface area (Å²) in [7, 11) is 2.12. The quantitative estimate of drug-likeness (QED) is 0.733. The van der Waals surface area contributed by atoms with Crippen LogP contribution >= 0.6 is 0 Å². The first-order valence-electron chi connectivity index (χ1n) is 6.07. The third kappa shape index (κ3) is 2.50. The van der Waals surface area contributed by atoms with E-state index in [0.717, 1.165) is 18.7 Å². The Morgan fingerprint density at radius 3 is 2.29 bits per heavy atom. The molecule has 0 spiro atoms. The molecule has 1 aliphatic heterocycles. The van der Waals surface area contributed by atoms with Crippen molar-refractivity contribution in [2.45, 2.75) is 25.9 Å². The molecule has 0 bridgehead atoms. The van der Waals surface area contributed by atoms with Crippen molar-refractivity contribution in [1.29, 1.82) is 0 Å². The molecule has 17 heavy (non-hydrogen) atoms. The summed E-state index contributed by atoms with van der Waals surface area (Å²) in [4.78, 5) is 16.6. The zero-order chi connectivity index (χ0) is 12.4. The highest BCUT2D eigenvalue weighted by Gasteiger charge is 2.29.